The van der Waals surface area contributed by atoms with Gasteiger partial charge in [0, 0.05) is 18.8 Å². The molecule has 1 heterocycles. The van der Waals surface area contributed by atoms with E-state index in [2.05, 4.69) is 31.3 Å². The first-order chi connectivity index (χ1) is 10.1. The smallest absolute Gasteiger partial charge is 0.321 e. The summed E-state index contributed by atoms with van der Waals surface area (Å²) in [7, 11) is 0. The summed E-state index contributed by atoms with van der Waals surface area (Å²) < 4.78 is 0. The highest BCUT2D eigenvalue weighted by Crippen LogP contribution is 2.36. The van der Waals surface area contributed by atoms with Gasteiger partial charge < -0.3 is 10.2 Å². The molecule has 1 N–H and O–H groups in total. The molecule has 1 aliphatic heterocycles. The molecule has 1 aliphatic carbocycles. The Hall–Kier alpha value is -1.51. The van der Waals surface area contributed by atoms with Crippen molar-refractivity contribution in [3.8, 4) is 0 Å². The first kappa shape index (κ1) is 14.4. The lowest BCUT2D eigenvalue weighted by Gasteiger charge is -2.41. The summed E-state index contributed by atoms with van der Waals surface area (Å²) in [6.45, 7) is 6.03. The third kappa shape index (κ3) is 3.22. The Morgan fingerprint density at radius 2 is 1.86 bits per heavy atom. The lowest BCUT2D eigenvalue weighted by Crippen LogP contribution is -2.46. The zero-order valence-electron chi connectivity index (χ0n) is 13.2. The van der Waals surface area contributed by atoms with Gasteiger partial charge in [-0.05, 0) is 61.8 Å². The molecule has 1 aromatic carbocycles. The number of hydrogen-bond acceptors (Lipinski definition) is 1. The second-order valence-electron chi connectivity index (χ2n) is 6.77. The van der Waals surface area contributed by atoms with E-state index in [1.54, 1.807) is 0 Å². The summed E-state index contributed by atoms with van der Waals surface area (Å²) in [5.74, 6) is 1.60. The molecule has 0 radical (unpaired) electrons. The van der Waals surface area contributed by atoms with Crippen LogP contribution in [0.4, 0.5) is 10.5 Å². The van der Waals surface area contributed by atoms with Crippen LogP contribution in [-0.4, -0.2) is 24.0 Å². The molecule has 114 valence electrons. The Morgan fingerprint density at radius 3 is 2.62 bits per heavy atom. The van der Waals surface area contributed by atoms with Gasteiger partial charge in [0.15, 0.2) is 0 Å². The second-order valence-corrected chi connectivity index (χ2v) is 6.77. The molecule has 3 nitrogen and oxygen atoms in total. The number of likely N-dealkylation sites (tertiary alicyclic amines) is 1. The predicted molar refractivity (Wildman–Crippen MR) is 86.6 cm³/mol. The maximum atomic E-state index is 12.5. The zero-order valence-corrected chi connectivity index (χ0v) is 13.2. The van der Waals surface area contributed by atoms with E-state index in [-0.39, 0.29) is 6.03 Å². The van der Waals surface area contributed by atoms with Gasteiger partial charge in [0.2, 0.25) is 0 Å². The molecule has 2 atom stereocenters. The third-order valence-corrected chi connectivity index (χ3v) is 5.34. The molecule has 0 spiro atoms. The van der Waals surface area contributed by atoms with Crippen LogP contribution < -0.4 is 5.32 Å². The molecule has 1 saturated heterocycles. The second kappa shape index (κ2) is 6.08. The monoisotopic (exact) mass is 286 g/mol. The number of amides is 2. The first-order valence-corrected chi connectivity index (χ1v) is 8.26. The van der Waals surface area contributed by atoms with E-state index in [1.165, 1.54) is 43.2 Å². The number of benzene rings is 1. The van der Waals surface area contributed by atoms with Gasteiger partial charge in [-0.25, -0.2) is 4.79 Å². The molecule has 2 fully saturated rings. The van der Waals surface area contributed by atoms with Gasteiger partial charge in [-0.2, -0.15) is 0 Å². The molecule has 1 aromatic rings. The summed E-state index contributed by atoms with van der Waals surface area (Å²) in [5, 5.41) is 3.06. The van der Waals surface area contributed by atoms with E-state index < -0.39 is 0 Å². The fraction of sp³-hybridized carbons (Fsp3) is 0.611. The maximum absolute atomic E-state index is 12.5. The van der Waals surface area contributed by atoms with Gasteiger partial charge in [-0.15, -0.1) is 0 Å². The average molecular weight is 286 g/mol. The number of piperidine rings is 1. The fourth-order valence-corrected chi connectivity index (χ4v) is 3.81. The van der Waals surface area contributed by atoms with Crippen molar-refractivity contribution in [2.75, 3.05) is 18.4 Å². The Labute approximate surface area is 127 Å². The topological polar surface area (TPSA) is 32.3 Å². The molecule has 0 unspecified atom stereocenters. The van der Waals surface area contributed by atoms with Crippen molar-refractivity contribution in [1.29, 1.82) is 0 Å². The van der Waals surface area contributed by atoms with E-state index in [1.807, 2.05) is 11.0 Å². The number of aryl methyl sites for hydroxylation is 2. The van der Waals surface area contributed by atoms with Crippen molar-refractivity contribution in [2.24, 2.45) is 11.8 Å². The summed E-state index contributed by atoms with van der Waals surface area (Å²) in [4.78, 5) is 14.5. The molecule has 2 aliphatic rings. The van der Waals surface area contributed by atoms with Crippen LogP contribution in [0.15, 0.2) is 18.2 Å². The Bertz CT molecular complexity index is 526. The van der Waals surface area contributed by atoms with Crippen LogP contribution in [0.5, 0.6) is 0 Å². The third-order valence-electron chi connectivity index (χ3n) is 5.34. The first-order valence-electron chi connectivity index (χ1n) is 8.26. The van der Waals surface area contributed by atoms with Gasteiger partial charge in [0.05, 0.1) is 0 Å². The molecule has 21 heavy (non-hydrogen) atoms. The number of fused-ring (bicyclic) bond motifs is 1. The van der Waals surface area contributed by atoms with Crippen LogP contribution in [0, 0.1) is 25.7 Å². The van der Waals surface area contributed by atoms with E-state index in [0.29, 0.717) is 0 Å². The lowest BCUT2D eigenvalue weighted by atomic mass is 9.75. The van der Waals surface area contributed by atoms with Gasteiger partial charge in [0.1, 0.15) is 0 Å². The summed E-state index contributed by atoms with van der Waals surface area (Å²) in [5.41, 5.74) is 3.39. The highest BCUT2D eigenvalue weighted by atomic mass is 16.2. The normalized spacial score (nSPS) is 25.3. The number of nitrogens with one attached hydrogen (secondary N) is 1. The summed E-state index contributed by atoms with van der Waals surface area (Å²) in [6.07, 6.45) is 6.59. The van der Waals surface area contributed by atoms with Crippen molar-refractivity contribution < 1.29 is 4.79 Å². The number of rotatable bonds is 1. The SMILES string of the molecule is Cc1ccc(NC(=O)N2CC[C@@H]3CCCC[C@@H]3C2)cc1C. The summed E-state index contributed by atoms with van der Waals surface area (Å²) >= 11 is 0. The Balaban J connectivity index is 1.61. The number of hydrogen-bond donors (Lipinski definition) is 1. The highest BCUT2D eigenvalue weighted by Gasteiger charge is 2.32. The number of carbonyl (C=O) groups is 1. The van der Waals surface area contributed by atoms with Crippen LogP contribution in [0.3, 0.4) is 0 Å². The fourth-order valence-electron chi connectivity index (χ4n) is 3.81. The van der Waals surface area contributed by atoms with Gasteiger partial charge in [-0.1, -0.05) is 25.3 Å². The van der Waals surface area contributed by atoms with Gasteiger partial charge >= 0.3 is 6.03 Å². The highest BCUT2D eigenvalue weighted by molar-refractivity contribution is 5.89. The minimum atomic E-state index is 0.0716. The van der Waals surface area contributed by atoms with Gasteiger partial charge in [-0.3, -0.25) is 0 Å². The lowest BCUT2D eigenvalue weighted by molar-refractivity contribution is 0.108. The Kier molecular flexibility index (Phi) is 4.18. The molecular formula is C18H26N2O. The van der Waals surface area contributed by atoms with Crippen LogP contribution in [0.1, 0.15) is 43.2 Å². The largest absolute Gasteiger partial charge is 0.324 e. The number of anilines is 1. The van der Waals surface area contributed by atoms with Crippen LogP contribution in [0.2, 0.25) is 0 Å². The molecule has 0 aromatic heterocycles. The van der Waals surface area contributed by atoms with E-state index in [0.717, 1.165) is 30.6 Å². The minimum Gasteiger partial charge on any atom is -0.324 e. The molecule has 3 rings (SSSR count). The van der Waals surface area contributed by atoms with Crippen molar-refractivity contribution in [3.63, 3.8) is 0 Å². The molecule has 3 heteroatoms. The van der Waals surface area contributed by atoms with Crippen LogP contribution in [-0.2, 0) is 0 Å². The quantitative estimate of drug-likeness (QED) is 0.818. The molecule has 2 amide bonds. The van der Waals surface area contributed by atoms with Crippen molar-refractivity contribution in [3.05, 3.63) is 29.3 Å². The summed E-state index contributed by atoms with van der Waals surface area (Å²) in [6, 6.07) is 6.19. The van der Waals surface area contributed by atoms with E-state index in [4.69, 9.17) is 0 Å². The molecular weight excluding hydrogens is 260 g/mol. The Morgan fingerprint density at radius 1 is 1.10 bits per heavy atom. The van der Waals surface area contributed by atoms with Crippen molar-refractivity contribution in [1.82, 2.24) is 4.90 Å². The van der Waals surface area contributed by atoms with Crippen LogP contribution >= 0.6 is 0 Å². The maximum Gasteiger partial charge on any atom is 0.321 e. The molecule has 1 saturated carbocycles. The number of carbonyl (C=O) groups excluding carboxylic acids is 1. The van der Waals surface area contributed by atoms with E-state index in [9.17, 15) is 4.79 Å². The van der Waals surface area contributed by atoms with Crippen molar-refractivity contribution in [2.45, 2.75) is 46.0 Å². The number of urea groups is 1. The van der Waals surface area contributed by atoms with Crippen molar-refractivity contribution >= 4 is 11.7 Å². The standard InChI is InChI=1S/C18H26N2O/c1-13-7-8-17(11-14(13)2)19-18(21)20-10-9-15-5-3-4-6-16(15)12-20/h7-8,11,15-16H,3-6,9-10,12H2,1-2H3,(H,19,21)/t15-,16+/m0/s1. The van der Waals surface area contributed by atoms with Crippen LogP contribution in [0.25, 0.3) is 0 Å². The number of nitrogens with zero attached hydrogens (tertiary/aromatic N) is 1. The molecule has 0 bridgehead atoms. The van der Waals surface area contributed by atoms with Gasteiger partial charge in [0.25, 0.3) is 0 Å². The predicted octanol–water partition coefficient (Wildman–Crippen LogP) is 4.35. The average Bonchev–Trinajstić information content (AvgIpc) is 2.50. The van der Waals surface area contributed by atoms with E-state index >= 15 is 0 Å². The zero-order chi connectivity index (χ0) is 14.8. The minimum absolute atomic E-state index is 0.0716.